The highest BCUT2D eigenvalue weighted by atomic mass is 16.5. The third-order valence-corrected chi connectivity index (χ3v) is 5.39. The number of morpholine rings is 1. The van der Waals surface area contributed by atoms with Crippen LogP contribution in [-0.2, 0) is 11.3 Å². The number of aromatic nitrogens is 1. The summed E-state index contributed by atoms with van der Waals surface area (Å²) in [6.07, 6.45) is 2.15. The molecule has 25 heavy (non-hydrogen) atoms. The number of ketones is 1. The highest BCUT2D eigenvalue weighted by Crippen LogP contribution is 2.24. The summed E-state index contributed by atoms with van der Waals surface area (Å²) in [4.78, 5) is 15.3. The van der Waals surface area contributed by atoms with Gasteiger partial charge in [0.05, 0.1) is 18.8 Å². The Kier molecular flexibility index (Phi) is 6.50. The van der Waals surface area contributed by atoms with E-state index >= 15 is 0 Å². The Hall–Kier alpha value is -1.13. The molecule has 1 fully saturated rings. The summed E-state index contributed by atoms with van der Waals surface area (Å²) < 4.78 is 8.23. The van der Waals surface area contributed by atoms with Crippen molar-refractivity contribution in [1.29, 1.82) is 0 Å². The molecule has 4 heteroatoms. The van der Waals surface area contributed by atoms with Gasteiger partial charge < -0.3 is 9.30 Å². The SMILES string of the molecule is CCC1COC(C)(C)CN1CC(=O)c1cc(C)n(CCC(C)C)c1C. The molecule has 2 rings (SSSR count). The van der Waals surface area contributed by atoms with Crippen molar-refractivity contribution >= 4 is 5.78 Å². The van der Waals surface area contributed by atoms with Crippen molar-refractivity contribution in [2.24, 2.45) is 5.92 Å². The average molecular weight is 349 g/mol. The maximum Gasteiger partial charge on any atom is 0.178 e. The van der Waals surface area contributed by atoms with Crippen LogP contribution in [-0.4, -0.2) is 46.6 Å². The molecule has 0 saturated carbocycles. The van der Waals surface area contributed by atoms with E-state index in [4.69, 9.17) is 4.74 Å². The van der Waals surface area contributed by atoms with Gasteiger partial charge in [0.2, 0.25) is 0 Å². The predicted molar refractivity (Wildman–Crippen MR) is 103 cm³/mol. The van der Waals surface area contributed by atoms with Gasteiger partial charge in [-0.25, -0.2) is 0 Å². The third kappa shape index (κ3) is 4.95. The second kappa shape index (κ2) is 8.05. The zero-order valence-corrected chi connectivity index (χ0v) is 17.2. The van der Waals surface area contributed by atoms with Gasteiger partial charge in [-0.1, -0.05) is 20.8 Å². The first-order chi connectivity index (χ1) is 11.6. The Balaban J connectivity index is 2.13. The van der Waals surface area contributed by atoms with E-state index in [0.717, 1.165) is 37.2 Å². The number of carbonyl (C=O) groups excluding carboxylic acids is 1. The standard InChI is InChI=1S/C21H36N2O2/c1-8-18-13-25-21(6,7)14-22(18)12-20(24)19-11-16(4)23(17(19)5)10-9-15(2)3/h11,15,18H,8-10,12-14H2,1-7H3. The molecule has 1 saturated heterocycles. The molecule has 0 bridgehead atoms. The molecule has 1 unspecified atom stereocenters. The minimum Gasteiger partial charge on any atom is -0.373 e. The predicted octanol–water partition coefficient (Wildman–Crippen LogP) is 4.22. The minimum absolute atomic E-state index is 0.180. The quantitative estimate of drug-likeness (QED) is 0.692. The molecule has 4 nitrogen and oxygen atoms in total. The van der Waals surface area contributed by atoms with Gasteiger partial charge in [-0.2, -0.15) is 0 Å². The second-order valence-corrected chi connectivity index (χ2v) is 8.58. The maximum absolute atomic E-state index is 13.0. The summed E-state index contributed by atoms with van der Waals surface area (Å²) in [6, 6.07) is 2.41. The molecule has 0 radical (unpaired) electrons. The van der Waals surface area contributed by atoms with E-state index < -0.39 is 0 Å². The molecule has 0 N–H and O–H groups in total. The summed E-state index contributed by atoms with van der Waals surface area (Å²) in [5, 5.41) is 0. The van der Waals surface area contributed by atoms with Gasteiger partial charge in [0, 0.05) is 36.1 Å². The largest absolute Gasteiger partial charge is 0.373 e. The molecule has 0 aliphatic carbocycles. The van der Waals surface area contributed by atoms with E-state index in [-0.39, 0.29) is 11.4 Å². The molecule has 1 atom stereocenters. The number of ether oxygens (including phenoxy) is 1. The monoisotopic (exact) mass is 348 g/mol. The van der Waals surface area contributed by atoms with Gasteiger partial charge in [-0.15, -0.1) is 0 Å². The van der Waals surface area contributed by atoms with Crippen molar-refractivity contribution in [3.05, 3.63) is 23.0 Å². The van der Waals surface area contributed by atoms with E-state index in [1.165, 1.54) is 5.69 Å². The Morgan fingerprint density at radius 2 is 2.04 bits per heavy atom. The fourth-order valence-corrected chi connectivity index (χ4v) is 3.74. The lowest BCUT2D eigenvalue weighted by atomic mass is 10.0. The zero-order chi connectivity index (χ0) is 18.8. The van der Waals surface area contributed by atoms with Crippen LogP contribution in [0.1, 0.15) is 69.2 Å². The van der Waals surface area contributed by atoms with Crippen molar-refractivity contribution in [3.63, 3.8) is 0 Å². The van der Waals surface area contributed by atoms with Crippen LogP contribution in [0, 0.1) is 19.8 Å². The normalized spacial score (nSPS) is 21.0. The zero-order valence-electron chi connectivity index (χ0n) is 17.2. The molecular weight excluding hydrogens is 312 g/mol. The molecular formula is C21H36N2O2. The molecule has 0 spiro atoms. The Morgan fingerprint density at radius 1 is 1.36 bits per heavy atom. The summed E-state index contributed by atoms with van der Waals surface area (Å²) in [6.45, 7) is 18.1. The number of carbonyl (C=O) groups is 1. The highest BCUT2D eigenvalue weighted by molar-refractivity contribution is 5.99. The first kappa shape index (κ1) is 20.2. The number of nitrogens with zero attached hydrogens (tertiary/aromatic N) is 2. The van der Waals surface area contributed by atoms with Crippen LogP contribution < -0.4 is 0 Å². The van der Waals surface area contributed by atoms with Crippen LogP contribution in [0.3, 0.4) is 0 Å². The van der Waals surface area contributed by atoms with Gasteiger partial charge in [0.15, 0.2) is 5.78 Å². The van der Waals surface area contributed by atoms with Crippen LogP contribution in [0.15, 0.2) is 6.07 Å². The third-order valence-electron chi connectivity index (χ3n) is 5.39. The second-order valence-electron chi connectivity index (χ2n) is 8.58. The molecule has 0 aromatic carbocycles. The van der Waals surface area contributed by atoms with Gasteiger partial charge in [-0.05, 0) is 52.5 Å². The lowest BCUT2D eigenvalue weighted by Crippen LogP contribution is -2.55. The summed E-state index contributed by atoms with van der Waals surface area (Å²) >= 11 is 0. The lowest BCUT2D eigenvalue weighted by Gasteiger charge is -2.43. The van der Waals surface area contributed by atoms with Crippen molar-refractivity contribution < 1.29 is 9.53 Å². The van der Waals surface area contributed by atoms with Crippen LogP contribution >= 0.6 is 0 Å². The number of hydrogen-bond donors (Lipinski definition) is 0. The molecule has 2 heterocycles. The van der Waals surface area contributed by atoms with E-state index in [1.54, 1.807) is 0 Å². The van der Waals surface area contributed by atoms with E-state index in [9.17, 15) is 4.79 Å². The van der Waals surface area contributed by atoms with Crippen molar-refractivity contribution in [3.8, 4) is 0 Å². The smallest absolute Gasteiger partial charge is 0.178 e. The van der Waals surface area contributed by atoms with E-state index in [2.05, 4.69) is 64.0 Å². The maximum atomic E-state index is 13.0. The Labute approximate surface area is 153 Å². The number of hydrogen-bond acceptors (Lipinski definition) is 3. The molecule has 142 valence electrons. The van der Waals surface area contributed by atoms with Crippen LogP contribution in [0.25, 0.3) is 0 Å². The summed E-state index contributed by atoms with van der Waals surface area (Å²) in [5.74, 6) is 0.904. The van der Waals surface area contributed by atoms with Crippen molar-refractivity contribution in [2.45, 2.75) is 79.5 Å². The molecule has 0 amide bonds. The van der Waals surface area contributed by atoms with Gasteiger partial charge in [-0.3, -0.25) is 9.69 Å². The Bertz CT molecular complexity index is 601. The lowest BCUT2D eigenvalue weighted by molar-refractivity contribution is -0.112. The minimum atomic E-state index is -0.180. The number of Topliss-reactive ketones (excluding diaryl/α,β-unsaturated/α-hetero) is 1. The fraction of sp³-hybridized carbons (Fsp3) is 0.762. The average Bonchev–Trinajstić information content (AvgIpc) is 2.79. The molecule has 1 aliphatic rings. The Morgan fingerprint density at radius 3 is 2.64 bits per heavy atom. The van der Waals surface area contributed by atoms with Gasteiger partial charge in [0.1, 0.15) is 0 Å². The van der Waals surface area contributed by atoms with Crippen LogP contribution in [0.2, 0.25) is 0 Å². The molecule has 1 aliphatic heterocycles. The number of rotatable bonds is 7. The topological polar surface area (TPSA) is 34.5 Å². The summed E-state index contributed by atoms with van der Waals surface area (Å²) in [7, 11) is 0. The van der Waals surface area contributed by atoms with Crippen molar-refractivity contribution in [2.75, 3.05) is 19.7 Å². The molecule has 1 aromatic rings. The molecule has 1 aromatic heterocycles. The first-order valence-electron chi connectivity index (χ1n) is 9.72. The van der Waals surface area contributed by atoms with Crippen LogP contribution in [0.5, 0.6) is 0 Å². The first-order valence-corrected chi connectivity index (χ1v) is 9.72. The highest BCUT2D eigenvalue weighted by Gasteiger charge is 2.34. The number of aryl methyl sites for hydroxylation is 1. The van der Waals surface area contributed by atoms with Crippen molar-refractivity contribution in [1.82, 2.24) is 9.47 Å². The van der Waals surface area contributed by atoms with Gasteiger partial charge in [0.25, 0.3) is 0 Å². The summed E-state index contributed by atoms with van der Waals surface area (Å²) in [5.41, 5.74) is 3.01. The van der Waals surface area contributed by atoms with E-state index in [1.807, 2.05) is 0 Å². The van der Waals surface area contributed by atoms with E-state index in [0.29, 0.717) is 25.1 Å². The van der Waals surface area contributed by atoms with Crippen LogP contribution in [0.4, 0.5) is 0 Å². The van der Waals surface area contributed by atoms with Gasteiger partial charge >= 0.3 is 0 Å². The fourth-order valence-electron chi connectivity index (χ4n) is 3.74.